The predicted molar refractivity (Wildman–Crippen MR) is 83.9 cm³/mol. The minimum absolute atomic E-state index is 0.385. The van der Waals surface area contributed by atoms with Gasteiger partial charge < -0.3 is 15.2 Å². The van der Waals surface area contributed by atoms with Crippen molar-refractivity contribution in [3.05, 3.63) is 59.2 Å². The van der Waals surface area contributed by atoms with Crippen LogP contribution in [0.4, 0.5) is 0 Å². The molecule has 0 amide bonds. The normalized spacial score (nSPS) is 17.0. The summed E-state index contributed by atoms with van der Waals surface area (Å²) in [6.07, 6.45) is 0.993. The Morgan fingerprint density at radius 2 is 2.10 bits per heavy atom. The average Bonchev–Trinajstić information content (AvgIpc) is 2.54. The number of ether oxygens (including phenoxy) is 2. The monoisotopic (exact) mass is 283 g/mol. The molecule has 1 heterocycles. The van der Waals surface area contributed by atoms with Crippen LogP contribution in [0, 0.1) is 6.92 Å². The molecule has 110 valence electrons. The van der Waals surface area contributed by atoms with Crippen molar-refractivity contribution in [2.75, 3.05) is 13.2 Å². The van der Waals surface area contributed by atoms with Crippen molar-refractivity contribution in [1.82, 2.24) is 0 Å². The Morgan fingerprint density at radius 1 is 1.24 bits per heavy atom. The number of rotatable bonds is 4. The van der Waals surface area contributed by atoms with Gasteiger partial charge in [-0.2, -0.15) is 0 Å². The van der Waals surface area contributed by atoms with Gasteiger partial charge in [-0.25, -0.2) is 0 Å². The maximum absolute atomic E-state index is 6.06. The molecule has 1 atom stereocenters. The Morgan fingerprint density at radius 3 is 2.95 bits per heavy atom. The molecule has 2 aromatic rings. The maximum Gasteiger partial charge on any atom is 0.122 e. The molecule has 1 unspecified atom stereocenters. The summed E-state index contributed by atoms with van der Waals surface area (Å²) in [4.78, 5) is 0. The molecular formula is C18H21NO2. The molecule has 0 aromatic heterocycles. The van der Waals surface area contributed by atoms with Crippen molar-refractivity contribution in [2.24, 2.45) is 5.73 Å². The number of nitrogens with two attached hydrogens (primary N) is 1. The van der Waals surface area contributed by atoms with Gasteiger partial charge >= 0.3 is 0 Å². The van der Waals surface area contributed by atoms with Gasteiger partial charge in [0, 0.05) is 18.0 Å². The summed E-state index contributed by atoms with van der Waals surface area (Å²) in [6, 6.07) is 14.4. The van der Waals surface area contributed by atoms with Crippen LogP contribution < -0.4 is 15.2 Å². The Labute approximate surface area is 125 Å². The van der Waals surface area contributed by atoms with Gasteiger partial charge in [0.2, 0.25) is 0 Å². The number of hydrogen-bond acceptors (Lipinski definition) is 3. The molecule has 0 bridgehead atoms. The van der Waals surface area contributed by atoms with E-state index in [0.29, 0.717) is 19.1 Å². The number of benzene rings is 2. The van der Waals surface area contributed by atoms with Crippen LogP contribution in [0.2, 0.25) is 0 Å². The third-order valence-electron chi connectivity index (χ3n) is 4.01. The van der Waals surface area contributed by atoms with Crippen molar-refractivity contribution in [3.63, 3.8) is 0 Å². The van der Waals surface area contributed by atoms with Crippen LogP contribution in [0.3, 0.4) is 0 Å². The minimum Gasteiger partial charge on any atom is -0.493 e. The van der Waals surface area contributed by atoms with Crippen molar-refractivity contribution in [1.29, 1.82) is 0 Å². The van der Waals surface area contributed by atoms with E-state index < -0.39 is 0 Å². The van der Waals surface area contributed by atoms with Crippen LogP contribution in [0.15, 0.2) is 42.5 Å². The fourth-order valence-electron chi connectivity index (χ4n) is 2.71. The Balaban J connectivity index is 1.74. The molecule has 3 nitrogen and oxygen atoms in total. The average molecular weight is 283 g/mol. The lowest BCUT2D eigenvalue weighted by atomic mass is 9.94. The summed E-state index contributed by atoms with van der Waals surface area (Å²) in [5.41, 5.74) is 9.19. The third kappa shape index (κ3) is 3.03. The first-order chi connectivity index (χ1) is 10.3. The smallest absolute Gasteiger partial charge is 0.122 e. The minimum atomic E-state index is 0.385. The van der Waals surface area contributed by atoms with Crippen molar-refractivity contribution in [2.45, 2.75) is 25.8 Å². The highest BCUT2D eigenvalue weighted by Crippen LogP contribution is 2.34. The van der Waals surface area contributed by atoms with E-state index in [9.17, 15) is 0 Å². The summed E-state index contributed by atoms with van der Waals surface area (Å²) in [5.74, 6) is 2.31. The van der Waals surface area contributed by atoms with E-state index in [4.69, 9.17) is 15.2 Å². The van der Waals surface area contributed by atoms with Gasteiger partial charge in [-0.05, 0) is 36.6 Å². The quantitative estimate of drug-likeness (QED) is 0.935. The molecule has 3 heteroatoms. The fourth-order valence-corrected chi connectivity index (χ4v) is 2.71. The van der Waals surface area contributed by atoms with Gasteiger partial charge in [0.05, 0.1) is 13.2 Å². The Bertz CT molecular complexity index is 624. The van der Waals surface area contributed by atoms with E-state index in [1.807, 2.05) is 24.3 Å². The molecule has 2 N–H and O–H groups in total. The SMILES string of the molecule is Cc1ccc(CN)cc1OCC1CCOc2ccccc21. The molecule has 0 saturated carbocycles. The molecule has 1 aliphatic heterocycles. The highest BCUT2D eigenvalue weighted by molar-refractivity contribution is 5.39. The molecule has 0 radical (unpaired) electrons. The molecule has 0 spiro atoms. The van der Waals surface area contributed by atoms with Gasteiger partial charge in [0.1, 0.15) is 11.5 Å². The number of para-hydroxylation sites is 1. The maximum atomic E-state index is 6.06. The number of fused-ring (bicyclic) bond motifs is 1. The van der Waals surface area contributed by atoms with Crippen LogP contribution >= 0.6 is 0 Å². The zero-order valence-electron chi connectivity index (χ0n) is 12.3. The standard InChI is InChI=1S/C18H21NO2/c1-13-6-7-14(11-19)10-18(13)21-12-15-8-9-20-17-5-3-2-4-16(15)17/h2-7,10,15H,8-9,11-12,19H2,1H3. The van der Waals surface area contributed by atoms with E-state index in [2.05, 4.69) is 25.1 Å². The molecule has 3 rings (SSSR count). The van der Waals surface area contributed by atoms with E-state index in [1.54, 1.807) is 0 Å². The first-order valence-electron chi connectivity index (χ1n) is 7.42. The van der Waals surface area contributed by atoms with Gasteiger partial charge in [-0.15, -0.1) is 0 Å². The van der Waals surface area contributed by atoms with E-state index in [1.165, 1.54) is 5.56 Å². The second-order valence-corrected chi connectivity index (χ2v) is 5.49. The van der Waals surface area contributed by atoms with Gasteiger partial charge in [0.15, 0.2) is 0 Å². The topological polar surface area (TPSA) is 44.5 Å². The second-order valence-electron chi connectivity index (χ2n) is 5.49. The summed E-state index contributed by atoms with van der Waals surface area (Å²) in [5, 5.41) is 0. The summed E-state index contributed by atoms with van der Waals surface area (Å²) < 4.78 is 11.8. The zero-order chi connectivity index (χ0) is 14.7. The Kier molecular flexibility index (Phi) is 4.11. The second kappa shape index (κ2) is 6.19. The lowest BCUT2D eigenvalue weighted by molar-refractivity contribution is 0.217. The first kappa shape index (κ1) is 14.0. The van der Waals surface area contributed by atoms with Crippen LogP contribution in [-0.4, -0.2) is 13.2 Å². The lowest BCUT2D eigenvalue weighted by Gasteiger charge is -2.26. The van der Waals surface area contributed by atoms with E-state index >= 15 is 0 Å². The van der Waals surface area contributed by atoms with Crippen molar-refractivity contribution in [3.8, 4) is 11.5 Å². The third-order valence-corrected chi connectivity index (χ3v) is 4.01. The molecular weight excluding hydrogens is 262 g/mol. The van der Waals surface area contributed by atoms with Crippen LogP contribution in [0.25, 0.3) is 0 Å². The number of hydrogen-bond donors (Lipinski definition) is 1. The van der Waals surface area contributed by atoms with Crippen LogP contribution in [-0.2, 0) is 6.54 Å². The summed E-state index contributed by atoms with van der Waals surface area (Å²) in [6.45, 7) is 4.03. The molecule has 0 saturated heterocycles. The van der Waals surface area contributed by atoms with Gasteiger partial charge in [0.25, 0.3) is 0 Å². The summed E-state index contributed by atoms with van der Waals surface area (Å²) >= 11 is 0. The van der Waals surface area contributed by atoms with E-state index in [0.717, 1.165) is 35.7 Å². The first-order valence-corrected chi connectivity index (χ1v) is 7.42. The highest BCUT2D eigenvalue weighted by Gasteiger charge is 2.21. The van der Waals surface area contributed by atoms with Gasteiger partial charge in [-0.1, -0.05) is 30.3 Å². The van der Waals surface area contributed by atoms with E-state index in [-0.39, 0.29) is 0 Å². The van der Waals surface area contributed by atoms with Crippen LogP contribution in [0.1, 0.15) is 29.0 Å². The molecule has 1 aliphatic rings. The Hall–Kier alpha value is -2.00. The van der Waals surface area contributed by atoms with Crippen molar-refractivity contribution < 1.29 is 9.47 Å². The van der Waals surface area contributed by atoms with Gasteiger partial charge in [-0.3, -0.25) is 0 Å². The fraction of sp³-hybridized carbons (Fsp3) is 0.333. The zero-order valence-corrected chi connectivity index (χ0v) is 12.3. The molecule has 21 heavy (non-hydrogen) atoms. The highest BCUT2D eigenvalue weighted by atomic mass is 16.5. The molecule has 0 aliphatic carbocycles. The lowest BCUT2D eigenvalue weighted by Crippen LogP contribution is -2.19. The molecule has 2 aromatic carbocycles. The summed E-state index contributed by atoms with van der Waals surface area (Å²) in [7, 11) is 0. The van der Waals surface area contributed by atoms with Crippen LogP contribution in [0.5, 0.6) is 11.5 Å². The number of aryl methyl sites for hydroxylation is 1. The molecule has 0 fully saturated rings. The largest absolute Gasteiger partial charge is 0.493 e. The predicted octanol–water partition coefficient (Wildman–Crippen LogP) is 3.40. The van der Waals surface area contributed by atoms with Crippen molar-refractivity contribution >= 4 is 0 Å².